The molecule has 0 aromatic heterocycles. The summed E-state index contributed by atoms with van der Waals surface area (Å²) in [5.41, 5.74) is 6.21. The van der Waals surface area contributed by atoms with Crippen molar-refractivity contribution in [2.75, 3.05) is 0 Å². The Bertz CT molecular complexity index is 791. The minimum absolute atomic E-state index is 0.184. The minimum Gasteiger partial charge on any atom is -0.508 e. The second kappa shape index (κ2) is 9.28. The van der Waals surface area contributed by atoms with Gasteiger partial charge in [-0.25, -0.2) is 0 Å². The van der Waals surface area contributed by atoms with Crippen molar-refractivity contribution in [1.82, 2.24) is 0 Å². The van der Waals surface area contributed by atoms with Gasteiger partial charge in [0.2, 0.25) is 0 Å². The second-order valence-corrected chi connectivity index (χ2v) is 7.32. The molecule has 2 nitrogen and oxygen atoms in total. The Morgan fingerprint density at radius 1 is 0.808 bits per heavy atom. The average molecular weight is 351 g/mol. The minimum atomic E-state index is 0.184. The maximum Gasteiger partial charge on any atom is 0.126 e. The molecule has 0 heterocycles. The molecule has 0 spiro atoms. The largest absolute Gasteiger partial charge is 0.508 e. The zero-order chi connectivity index (χ0) is 19.1. The van der Waals surface area contributed by atoms with Crippen LogP contribution in [0.15, 0.2) is 59.7 Å². The fraction of sp³-hybridized carbons (Fsp3) is 0.333. The number of allylic oxidation sites excluding steroid dienone is 4. The lowest BCUT2D eigenvalue weighted by atomic mass is 9.92. The average Bonchev–Trinajstić information content (AvgIpc) is 2.59. The highest BCUT2D eigenvalue weighted by Crippen LogP contribution is 2.36. The lowest BCUT2D eigenvalue weighted by Crippen LogP contribution is -2.01. The number of hydrogen-bond donors (Lipinski definition) is 2. The molecule has 0 atom stereocenters. The summed E-state index contributed by atoms with van der Waals surface area (Å²) in [4.78, 5) is 0. The highest BCUT2D eigenvalue weighted by Gasteiger charge is 2.16. The zero-order valence-corrected chi connectivity index (χ0v) is 16.3. The predicted octanol–water partition coefficient (Wildman–Crippen LogP) is 5.90. The maximum absolute atomic E-state index is 10.9. The third kappa shape index (κ3) is 5.52. The van der Waals surface area contributed by atoms with E-state index in [1.54, 1.807) is 0 Å². The van der Waals surface area contributed by atoms with Crippen molar-refractivity contribution in [1.29, 1.82) is 0 Å². The molecule has 0 radical (unpaired) electrons. The van der Waals surface area contributed by atoms with Crippen LogP contribution in [0.5, 0.6) is 11.5 Å². The van der Waals surface area contributed by atoms with E-state index >= 15 is 0 Å². The van der Waals surface area contributed by atoms with Gasteiger partial charge in [0.15, 0.2) is 0 Å². The summed E-state index contributed by atoms with van der Waals surface area (Å²) in [5, 5.41) is 21.3. The quantitative estimate of drug-likeness (QED) is 0.610. The number of rotatable bonds is 7. The Morgan fingerprint density at radius 2 is 1.38 bits per heavy atom. The Balaban J connectivity index is 2.38. The van der Waals surface area contributed by atoms with Gasteiger partial charge in [0, 0.05) is 11.1 Å². The molecule has 0 aliphatic heterocycles. The summed E-state index contributed by atoms with van der Waals surface area (Å²) < 4.78 is 0. The van der Waals surface area contributed by atoms with Gasteiger partial charge in [-0.05, 0) is 70.6 Å². The summed E-state index contributed by atoms with van der Waals surface area (Å²) >= 11 is 0. The molecule has 2 heteroatoms. The second-order valence-electron chi connectivity index (χ2n) is 7.32. The molecule has 0 amide bonds. The van der Waals surface area contributed by atoms with Crippen LogP contribution in [0.3, 0.4) is 0 Å². The van der Waals surface area contributed by atoms with Crippen LogP contribution < -0.4 is 0 Å². The molecule has 0 aliphatic rings. The zero-order valence-electron chi connectivity index (χ0n) is 16.3. The smallest absolute Gasteiger partial charge is 0.126 e. The third-order valence-electron chi connectivity index (χ3n) is 4.53. The number of aromatic hydroxyl groups is 2. The fourth-order valence-corrected chi connectivity index (χ4v) is 2.98. The number of aryl methyl sites for hydroxylation is 2. The van der Waals surface area contributed by atoms with E-state index in [4.69, 9.17) is 0 Å². The van der Waals surface area contributed by atoms with Crippen molar-refractivity contribution in [2.24, 2.45) is 0 Å². The molecule has 0 aliphatic carbocycles. The van der Waals surface area contributed by atoms with Gasteiger partial charge >= 0.3 is 0 Å². The number of phenolic OH excluding ortho intramolecular Hbond substituents is 2. The first-order valence-corrected chi connectivity index (χ1v) is 9.24. The van der Waals surface area contributed by atoms with E-state index in [-0.39, 0.29) is 11.5 Å². The molecule has 26 heavy (non-hydrogen) atoms. The number of hydrogen-bond acceptors (Lipinski definition) is 2. The molecule has 2 N–H and O–H groups in total. The van der Waals surface area contributed by atoms with E-state index in [1.807, 2.05) is 44.2 Å². The standard InChI is InChI=1S/C24H30O2/c1-17(2)10-14-21-20(13-12-19-8-6-5-7-9-19)16-23(25)22(24(21)26)15-11-18(3)4/h5-11,16,25-26H,12-15H2,1-4H3. The summed E-state index contributed by atoms with van der Waals surface area (Å²) in [5.74, 6) is 0.423. The Hall–Kier alpha value is -2.48. The van der Waals surface area contributed by atoms with E-state index < -0.39 is 0 Å². The molecule has 0 bridgehead atoms. The first kappa shape index (κ1) is 19.8. The van der Waals surface area contributed by atoms with Crippen molar-refractivity contribution < 1.29 is 10.2 Å². The summed E-state index contributed by atoms with van der Waals surface area (Å²) in [7, 11) is 0. The SMILES string of the molecule is CC(C)=CCc1c(O)cc(CCc2ccccc2)c(CC=C(C)C)c1O. The highest BCUT2D eigenvalue weighted by molar-refractivity contribution is 5.54. The van der Waals surface area contributed by atoms with Gasteiger partial charge in [-0.3, -0.25) is 0 Å². The van der Waals surface area contributed by atoms with Gasteiger partial charge < -0.3 is 10.2 Å². The van der Waals surface area contributed by atoms with Crippen LogP contribution in [0.25, 0.3) is 0 Å². The third-order valence-corrected chi connectivity index (χ3v) is 4.53. The van der Waals surface area contributed by atoms with Crippen LogP contribution in [0, 0.1) is 0 Å². The topological polar surface area (TPSA) is 40.5 Å². The van der Waals surface area contributed by atoms with E-state index in [2.05, 4.69) is 32.1 Å². The van der Waals surface area contributed by atoms with Crippen LogP contribution in [0.4, 0.5) is 0 Å². The van der Waals surface area contributed by atoms with Gasteiger partial charge in [-0.15, -0.1) is 0 Å². The fourth-order valence-electron chi connectivity index (χ4n) is 2.98. The van der Waals surface area contributed by atoms with Crippen molar-refractivity contribution in [3.05, 3.63) is 82.0 Å². The molecular weight excluding hydrogens is 320 g/mol. The first-order valence-electron chi connectivity index (χ1n) is 9.24. The van der Waals surface area contributed by atoms with Crippen LogP contribution in [0.2, 0.25) is 0 Å². The van der Waals surface area contributed by atoms with Crippen LogP contribution in [0.1, 0.15) is 49.9 Å². The molecule has 138 valence electrons. The van der Waals surface area contributed by atoms with E-state index in [9.17, 15) is 10.2 Å². The molecule has 2 aromatic carbocycles. The lowest BCUT2D eigenvalue weighted by Gasteiger charge is -2.16. The molecule has 0 unspecified atom stereocenters. The summed E-state index contributed by atoms with van der Waals surface area (Å²) in [6, 6.07) is 12.1. The normalized spacial score (nSPS) is 10.5. The van der Waals surface area contributed by atoms with Gasteiger partial charge in [0.05, 0.1) is 0 Å². The van der Waals surface area contributed by atoms with Crippen LogP contribution in [-0.4, -0.2) is 10.2 Å². The van der Waals surface area contributed by atoms with E-state index in [0.29, 0.717) is 18.4 Å². The van der Waals surface area contributed by atoms with Crippen molar-refractivity contribution in [2.45, 2.75) is 53.4 Å². The lowest BCUT2D eigenvalue weighted by molar-refractivity contribution is 0.435. The monoisotopic (exact) mass is 350 g/mol. The molecular formula is C24H30O2. The molecule has 2 rings (SSSR count). The van der Waals surface area contributed by atoms with Gasteiger partial charge in [0.1, 0.15) is 11.5 Å². The Kier molecular flexibility index (Phi) is 7.08. The maximum atomic E-state index is 10.9. The summed E-state index contributed by atoms with van der Waals surface area (Å²) in [6.45, 7) is 8.16. The van der Waals surface area contributed by atoms with Crippen molar-refractivity contribution >= 4 is 0 Å². The number of benzene rings is 2. The Labute approximate surface area is 157 Å². The van der Waals surface area contributed by atoms with E-state index in [1.165, 1.54) is 16.7 Å². The van der Waals surface area contributed by atoms with Gasteiger partial charge in [-0.2, -0.15) is 0 Å². The molecule has 0 fully saturated rings. The highest BCUT2D eigenvalue weighted by atomic mass is 16.3. The molecule has 0 saturated carbocycles. The molecule has 2 aromatic rings. The molecule has 0 saturated heterocycles. The van der Waals surface area contributed by atoms with E-state index in [0.717, 1.165) is 24.0 Å². The predicted molar refractivity (Wildman–Crippen MR) is 110 cm³/mol. The van der Waals surface area contributed by atoms with Gasteiger partial charge in [0.25, 0.3) is 0 Å². The van der Waals surface area contributed by atoms with Gasteiger partial charge in [-0.1, -0.05) is 53.6 Å². The number of phenols is 2. The summed E-state index contributed by atoms with van der Waals surface area (Å²) in [6.07, 6.45) is 7.06. The first-order chi connectivity index (χ1) is 12.4. The van der Waals surface area contributed by atoms with Crippen molar-refractivity contribution in [3.63, 3.8) is 0 Å². The van der Waals surface area contributed by atoms with Crippen LogP contribution >= 0.6 is 0 Å². The Morgan fingerprint density at radius 3 is 1.96 bits per heavy atom. The van der Waals surface area contributed by atoms with Crippen molar-refractivity contribution in [3.8, 4) is 11.5 Å². The van der Waals surface area contributed by atoms with Crippen LogP contribution in [-0.2, 0) is 25.7 Å².